The highest BCUT2D eigenvalue weighted by Crippen LogP contribution is 2.24. The number of nitrogens with zero attached hydrogens (tertiary/aromatic N) is 1. The number of carbonyl (C=O) groups excluding carboxylic acids is 1. The summed E-state index contributed by atoms with van der Waals surface area (Å²) in [6.45, 7) is 4.74. The first-order chi connectivity index (χ1) is 9.49. The average Bonchev–Trinajstić information content (AvgIpc) is 2.87. The number of hydrogen-bond acceptors (Lipinski definition) is 3. The zero-order valence-corrected chi connectivity index (χ0v) is 13.0. The van der Waals surface area contributed by atoms with E-state index in [9.17, 15) is 9.59 Å². The second-order valence-corrected chi connectivity index (χ2v) is 6.43. The minimum absolute atomic E-state index is 0.0246. The van der Waals surface area contributed by atoms with Crippen molar-refractivity contribution in [3.05, 3.63) is 45.6 Å². The van der Waals surface area contributed by atoms with Gasteiger partial charge in [-0.2, -0.15) is 0 Å². The monoisotopic (exact) mass is 309 g/mol. The van der Waals surface area contributed by atoms with E-state index < -0.39 is 5.24 Å². The Morgan fingerprint density at radius 1 is 1.35 bits per heavy atom. The maximum absolute atomic E-state index is 12.5. The molecule has 20 heavy (non-hydrogen) atoms. The van der Waals surface area contributed by atoms with Gasteiger partial charge < -0.3 is 4.57 Å². The zero-order valence-electron chi connectivity index (χ0n) is 11.4. The Morgan fingerprint density at radius 3 is 2.65 bits per heavy atom. The number of aromatic nitrogens is 1. The Hall–Kier alpha value is -1.39. The van der Waals surface area contributed by atoms with Crippen LogP contribution >= 0.6 is 22.9 Å². The van der Waals surface area contributed by atoms with Gasteiger partial charge in [0, 0.05) is 12.1 Å². The van der Waals surface area contributed by atoms with E-state index in [0.29, 0.717) is 18.0 Å². The van der Waals surface area contributed by atoms with Crippen molar-refractivity contribution in [3.8, 4) is 10.6 Å². The fourth-order valence-electron chi connectivity index (χ4n) is 2.09. The third-order valence-corrected chi connectivity index (χ3v) is 3.93. The predicted octanol–water partition coefficient (Wildman–Crippen LogP) is 3.54. The molecule has 0 aliphatic carbocycles. The Labute approximate surface area is 126 Å². The summed E-state index contributed by atoms with van der Waals surface area (Å²) in [5.41, 5.74) is 1.22. The summed E-state index contributed by atoms with van der Waals surface area (Å²) in [5.74, 6) is 0.341. The predicted molar refractivity (Wildman–Crippen MR) is 83.4 cm³/mol. The highest BCUT2D eigenvalue weighted by molar-refractivity contribution is 7.13. The van der Waals surface area contributed by atoms with Gasteiger partial charge in [-0.15, -0.1) is 11.3 Å². The molecular weight excluding hydrogens is 294 g/mol. The van der Waals surface area contributed by atoms with Crippen molar-refractivity contribution < 1.29 is 4.79 Å². The van der Waals surface area contributed by atoms with Crippen LogP contribution in [0.3, 0.4) is 0 Å². The lowest BCUT2D eigenvalue weighted by atomic mass is 10.1. The number of halogens is 1. The van der Waals surface area contributed by atoms with Crippen LogP contribution in [0.2, 0.25) is 0 Å². The number of carbonyl (C=O) groups is 1. The molecule has 0 unspecified atom stereocenters. The van der Waals surface area contributed by atoms with Crippen molar-refractivity contribution in [3.63, 3.8) is 0 Å². The van der Waals surface area contributed by atoms with Gasteiger partial charge in [-0.25, -0.2) is 0 Å². The van der Waals surface area contributed by atoms with Crippen molar-refractivity contribution in [2.45, 2.75) is 26.8 Å². The second-order valence-electron chi connectivity index (χ2n) is 5.06. The molecule has 0 bridgehead atoms. The van der Waals surface area contributed by atoms with Gasteiger partial charge in [0.25, 0.3) is 5.56 Å². The molecule has 0 saturated carbocycles. The van der Waals surface area contributed by atoms with Gasteiger partial charge >= 0.3 is 0 Å². The van der Waals surface area contributed by atoms with Crippen molar-refractivity contribution in [1.82, 2.24) is 4.57 Å². The highest BCUT2D eigenvalue weighted by atomic mass is 35.5. The van der Waals surface area contributed by atoms with Gasteiger partial charge in [-0.05, 0) is 35.0 Å². The summed E-state index contributed by atoms with van der Waals surface area (Å²) in [4.78, 5) is 24.6. The van der Waals surface area contributed by atoms with E-state index in [-0.39, 0.29) is 12.0 Å². The molecule has 0 N–H and O–H groups in total. The average molecular weight is 310 g/mol. The number of rotatable bonds is 5. The molecule has 0 spiro atoms. The van der Waals surface area contributed by atoms with Crippen LogP contribution in [0.1, 0.15) is 19.4 Å². The largest absolute Gasteiger partial charge is 0.307 e. The summed E-state index contributed by atoms with van der Waals surface area (Å²) < 4.78 is 1.74. The quantitative estimate of drug-likeness (QED) is 0.792. The highest BCUT2D eigenvalue weighted by Gasteiger charge is 2.13. The summed E-state index contributed by atoms with van der Waals surface area (Å²) >= 11 is 6.99. The summed E-state index contributed by atoms with van der Waals surface area (Å²) in [5, 5.41) is 1.47. The van der Waals surface area contributed by atoms with Gasteiger partial charge in [-0.3, -0.25) is 9.59 Å². The maximum atomic E-state index is 12.5. The molecule has 2 aromatic rings. The Bertz CT molecular complexity index is 659. The van der Waals surface area contributed by atoms with Crippen LogP contribution in [-0.2, 0) is 17.8 Å². The van der Waals surface area contributed by atoms with Crippen LogP contribution in [0.5, 0.6) is 0 Å². The minimum atomic E-state index is -0.512. The molecule has 0 fully saturated rings. The molecule has 2 rings (SSSR count). The zero-order chi connectivity index (χ0) is 14.7. The summed E-state index contributed by atoms with van der Waals surface area (Å²) in [6.07, 6.45) is -0.0246. The molecule has 2 heterocycles. The van der Waals surface area contributed by atoms with E-state index in [2.05, 4.69) is 13.8 Å². The van der Waals surface area contributed by atoms with Crippen LogP contribution in [0, 0.1) is 5.92 Å². The summed E-state index contributed by atoms with van der Waals surface area (Å²) in [6, 6.07) is 7.54. The van der Waals surface area contributed by atoms with E-state index >= 15 is 0 Å². The molecule has 0 aliphatic heterocycles. The lowest BCUT2D eigenvalue weighted by Gasteiger charge is -2.15. The Morgan fingerprint density at radius 2 is 2.10 bits per heavy atom. The SMILES string of the molecule is CC(C)Cn1c(-c2cccs2)ccc(CC(=O)Cl)c1=O. The number of hydrogen-bond donors (Lipinski definition) is 0. The second kappa shape index (κ2) is 6.37. The molecule has 0 radical (unpaired) electrons. The molecule has 3 nitrogen and oxygen atoms in total. The van der Waals surface area contributed by atoms with E-state index in [1.54, 1.807) is 22.0 Å². The van der Waals surface area contributed by atoms with E-state index in [1.165, 1.54) is 0 Å². The molecular formula is C15H16ClNO2S. The fourth-order valence-corrected chi connectivity index (χ4v) is 3.00. The van der Waals surface area contributed by atoms with Crippen LogP contribution in [0.25, 0.3) is 10.6 Å². The summed E-state index contributed by atoms with van der Waals surface area (Å²) in [7, 11) is 0. The van der Waals surface area contributed by atoms with Crippen LogP contribution < -0.4 is 5.56 Å². The Balaban J connectivity index is 2.55. The van der Waals surface area contributed by atoms with Crippen LogP contribution in [0.4, 0.5) is 0 Å². The van der Waals surface area contributed by atoms with Crippen LogP contribution in [-0.4, -0.2) is 9.81 Å². The first kappa shape index (κ1) is 15.0. The number of pyridine rings is 1. The van der Waals surface area contributed by atoms with Crippen molar-refractivity contribution >= 4 is 28.2 Å². The minimum Gasteiger partial charge on any atom is -0.307 e. The van der Waals surface area contributed by atoms with Crippen LogP contribution in [0.15, 0.2) is 34.4 Å². The lowest BCUT2D eigenvalue weighted by molar-refractivity contribution is -0.111. The number of thiophene rings is 1. The smallest absolute Gasteiger partial charge is 0.254 e. The molecule has 5 heteroatoms. The van der Waals surface area contributed by atoms with Crippen molar-refractivity contribution in [1.29, 1.82) is 0 Å². The van der Waals surface area contributed by atoms with E-state index in [0.717, 1.165) is 10.6 Å². The topological polar surface area (TPSA) is 39.1 Å². The van der Waals surface area contributed by atoms with E-state index in [4.69, 9.17) is 11.6 Å². The van der Waals surface area contributed by atoms with Gasteiger partial charge in [0.15, 0.2) is 0 Å². The van der Waals surface area contributed by atoms with Crippen molar-refractivity contribution in [2.24, 2.45) is 5.92 Å². The fraction of sp³-hybridized carbons (Fsp3) is 0.333. The molecule has 2 aromatic heterocycles. The van der Waals surface area contributed by atoms with E-state index in [1.807, 2.05) is 23.6 Å². The normalized spacial score (nSPS) is 11.0. The first-order valence-corrected chi connectivity index (χ1v) is 7.69. The first-order valence-electron chi connectivity index (χ1n) is 6.44. The maximum Gasteiger partial charge on any atom is 0.254 e. The molecule has 0 aliphatic rings. The third-order valence-electron chi connectivity index (χ3n) is 2.90. The van der Waals surface area contributed by atoms with Gasteiger partial charge in [-0.1, -0.05) is 26.0 Å². The third kappa shape index (κ3) is 3.38. The molecule has 0 atom stereocenters. The van der Waals surface area contributed by atoms with Gasteiger partial charge in [0.1, 0.15) is 0 Å². The Kier molecular flexibility index (Phi) is 4.78. The lowest BCUT2D eigenvalue weighted by Crippen LogP contribution is -2.27. The molecule has 0 amide bonds. The van der Waals surface area contributed by atoms with Gasteiger partial charge in [0.05, 0.1) is 17.0 Å². The standard InChI is InChI=1S/C15H16ClNO2S/c1-10(2)9-17-12(13-4-3-7-20-13)6-5-11(15(17)19)8-14(16)18/h3-7,10H,8-9H2,1-2H3. The van der Waals surface area contributed by atoms with Gasteiger partial charge in [0.2, 0.25) is 5.24 Å². The molecule has 106 valence electrons. The van der Waals surface area contributed by atoms with Crippen molar-refractivity contribution in [2.75, 3.05) is 0 Å². The molecule has 0 saturated heterocycles. The molecule has 0 aromatic carbocycles.